The molecule has 36 nitrogen and oxygen atoms in total. The molecule has 9 amide bonds. The highest BCUT2D eigenvalue weighted by Crippen LogP contribution is 2.29. The van der Waals surface area contributed by atoms with Crippen molar-refractivity contribution in [3.05, 3.63) is 58.7 Å². The van der Waals surface area contributed by atoms with Gasteiger partial charge in [0.2, 0.25) is 62.9 Å². The van der Waals surface area contributed by atoms with E-state index in [0.717, 1.165) is 37.0 Å². The third-order valence-corrected chi connectivity index (χ3v) is 22.9. The van der Waals surface area contributed by atoms with E-state index in [1.54, 1.807) is 132 Å². The lowest BCUT2D eigenvalue weighted by molar-refractivity contribution is -0.147. The number of nitrogens with two attached hydrogens (primary N) is 1. The molecule has 0 aliphatic carbocycles. The maximum absolute atomic E-state index is 13.6. The van der Waals surface area contributed by atoms with Gasteiger partial charge < -0.3 is 94.3 Å². The van der Waals surface area contributed by atoms with Gasteiger partial charge in [-0.25, -0.2) is 33.6 Å². The summed E-state index contributed by atoms with van der Waals surface area (Å²) < 4.78 is 29.3. The van der Waals surface area contributed by atoms with Crippen LogP contribution in [-0.2, 0) is 86.0 Å². The second kappa shape index (κ2) is 79.7. The number of aldehydes is 1. The lowest BCUT2D eigenvalue weighted by Crippen LogP contribution is -2.59. The maximum atomic E-state index is 13.6. The van der Waals surface area contributed by atoms with Crippen LogP contribution < -0.4 is 21.7 Å². The zero-order valence-electron chi connectivity index (χ0n) is 96.6. The van der Waals surface area contributed by atoms with E-state index in [9.17, 15) is 81.5 Å². The molecule has 1 saturated heterocycles. The highest BCUT2D eigenvalue weighted by atomic mass is 35.5. The van der Waals surface area contributed by atoms with Gasteiger partial charge in [0.1, 0.15) is 30.5 Å². The van der Waals surface area contributed by atoms with Gasteiger partial charge in [-0.3, -0.25) is 48.1 Å². The van der Waals surface area contributed by atoms with Crippen LogP contribution in [0.2, 0.25) is 0 Å². The molecule has 12 atom stereocenters. The predicted molar refractivity (Wildman–Crippen MR) is 593 cm³/mol. The fourth-order valence-electron chi connectivity index (χ4n) is 14.0. The molecule has 43 heteroatoms. The van der Waals surface area contributed by atoms with E-state index in [1.165, 1.54) is 53.9 Å². The van der Waals surface area contributed by atoms with Crippen molar-refractivity contribution in [1.82, 2.24) is 55.1 Å². The number of nitrogens with zero attached hydrogens (tertiary/aromatic N) is 8. The third kappa shape index (κ3) is 63.4. The minimum absolute atomic E-state index is 0. The van der Waals surface area contributed by atoms with Gasteiger partial charge in [0.15, 0.2) is 29.0 Å². The predicted octanol–water partition coefficient (Wildman–Crippen LogP) is 13.3. The first-order chi connectivity index (χ1) is 65.8. The summed E-state index contributed by atoms with van der Waals surface area (Å²) in [5, 5.41) is 17.4. The number of halogens is 2. The Kier molecular flexibility index (Phi) is 85.5. The first-order valence-corrected chi connectivity index (χ1v) is 49.2. The molecule has 0 bridgehead atoms. The zero-order valence-corrected chi connectivity index (χ0v) is 98.3. The van der Waals surface area contributed by atoms with Crippen molar-refractivity contribution in [2.45, 2.75) is 335 Å². The van der Waals surface area contributed by atoms with Crippen LogP contribution in [0.25, 0.3) is 0 Å². The van der Waals surface area contributed by atoms with Crippen LogP contribution in [0.4, 0.5) is 24.0 Å². The van der Waals surface area contributed by atoms with Crippen molar-refractivity contribution in [2.75, 3.05) is 110 Å². The molecule has 1 aliphatic rings. The Hall–Kier alpha value is -9.33. The fraction of sp³-hybridized carbons (Fsp3) is 0.740. The smallest absolute Gasteiger partial charge is 0.333 e. The van der Waals surface area contributed by atoms with Crippen LogP contribution in [0, 0.1) is 63.6 Å². The molecule has 0 aromatic heterocycles. The molecule has 1 fully saturated rings. The molecule has 147 heavy (non-hydrogen) atoms. The number of likely N-dealkylation sites (N-methyl/N-ethyl adjacent to an activating group) is 9. The lowest BCUT2D eigenvalue weighted by atomic mass is 9.84. The molecule has 1 unspecified atom stereocenters. The Morgan fingerprint density at radius 3 is 0.966 bits per heavy atom. The van der Waals surface area contributed by atoms with Crippen molar-refractivity contribution in [3.63, 3.8) is 0 Å². The van der Waals surface area contributed by atoms with Gasteiger partial charge in [-0.15, -0.1) is 24.8 Å². The Morgan fingerprint density at radius 2 is 0.721 bits per heavy atom. The number of rotatable bonds is 40. The second-order valence-electron chi connectivity index (χ2n) is 41.1. The average Bonchev–Trinajstić information content (AvgIpc) is 0.810. The number of hydrogen-bond donors (Lipinski definition) is 5. The SMILES string of the molecule is C.CCOC(=O)/C(C)=C/[C@@H](NC)C(C)C.CCOC(=O)/C(C)=C/[C@H](C(C)C)N(C)C(=O)[C@@H](N)C(C)(C)C.CCOC(=O)/C(C)=C/[C@H](C(C)C)N(C)C(=O)[C@@H](NC(=O)C1CCCCN1C)C(C)(C)C.Cl.Cl.[B]C(=O)N(C)[C@H](/C=C(\C)C(=O)OCC)C(C)C.[B]C(=O)N(C)[C@H](C(=O)O)C(C)C.[B]C(=O)N(C)[C@H](C(=O)OC)C(C)C.[B]C(=O)N(C)[C@H](C=O)C(C)C.[B]C(=O)N[C@H](C(=O)N(C)[C@H](/C=C/C(=O)OCC)C(C)C)C(C)(C)C. The van der Waals surface area contributed by atoms with Crippen molar-refractivity contribution in [2.24, 2.45) is 69.3 Å². The second-order valence-corrected chi connectivity index (χ2v) is 41.1. The molecular weight excluding hydrogens is 1930 g/mol. The number of aliphatic carboxylic acids is 1. The highest BCUT2D eigenvalue weighted by Gasteiger charge is 2.42. The summed E-state index contributed by atoms with van der Waals surface area (Å²) in [6.07, 6.45) is 13.8. The number of amides is 9. The summed E-state index contributed by atoms with van der Waals surface area (Å²) in [6.45, 7) is 66.3. The summed E-state index contributed by atoms with van der Waals surface area (Å²) in [4.78, 5) is 209. The molecule has 0 aromatic carbocycles. The largest absolute Gasteiger partial charge is 0.480 e. The van der Waals surface area contributed by atoms with Gasteiger partial charge in [0.05, 0.1) is 82.4 Å². The fourth-order valence-corrected chi connectivity index (χ4v) is 14.0. The number of carboxylic acid groups (broad SMARTS) is 1. The first-order valence-electron chi connectivity index (χ1n) is 49.2. The standard InChI is InChI=1S/C24H43N3O4.C17H29BN2O4.C17H32N2O3.C12H20BNO3.C11H21NO2.C8H14BNO3.C7H12BNO3.C7H12BNO2.CH4.2ClH/c1-10-31-23(30)17(4)15-19(16(2)3)27(9)22(29)20(24(5,6)7)25-21(28)18-13-11-12-14-26(18)8;1-8-24-13(21)10-9-12(11(2)3)20(7)15(22)14(17(4,5)6)19-16(18)23;1-9-22-16(21)12(4)10-13(11(2)3)19(8)15(20)14(18)17(5,6)7;1-6-17-11(15)9(4)7-10(8(2)3)14(5)12(13)16;1-6-14-11(13)9(4)7-10(12-5)8(2)3;1-5(2)6(7(11)13-4)10(3)8(9)12;1-4(2)5(6(10)11)9(3)7(8)12;1-5(2)6(4-10)9(3)7(8)11;;;/h15-16,18-20H,10-14H2,1-9H3,(H,25,28);9-12,14H,8H2,1-7H3,(H,19,23);10-11,13-14H,9,18H2,1-8H3;7-8,10H,6H2,1-5H3;7-8,10,12H,6H2,1-5H3;5-6H,1-4H3;4-5H,1-3H3,(H,10,11);4-6H,1-3H3;1H4;2*1H/b17-15+;10-9+;12-10+;2*9-7+;;;;;;/t18?,19-,20-;12-,14-;13-,14-;2*10-;6-;5-;6-;;;/m11111001.../s1. The number of ether oxygens (including phenoxy) is 6. The number of carbonyl (C=O) groups is 17. The van der Waals surface area contributed by atoms with Crippen molar-refractivity contribution >= 4 is 165 Å². The van der Waals surface area contributed by atoms with E-state index in [4.69, 9.17) is 73.8 Å². The summed E-state index contributed by atoms with van der Waals surface area (Å²) in [7, 11) is 41.6. The quantitative estimate of drug-likeness (QED) is 0.0125. The van der Waals surface area contributed by atoms with Crippen LogP contribution >= 0.6 is 24.8 Å². The average molecular weight is 2120 g/mol. The van der Waals surface area contributed by atoms with E-state index in [0.29, 0.717) is 61.2 Å². The van der Waals surface area contributed by atoms with Crippen LogP contribution in [0.5, 0.6) is 0 Å². The van der Waals surface area contributed by atoms with Gasteiger partial charge in [0.25, 0.3) is 0 Å². The number of carbonyl (C=O) groups excluding carboxylic acids is 16. The van der Waals surface area contributed by atoms with Gasteiger partial charge in [0, 0.05) is 83.7 Å². The highest BCUT2D eigenvalue weighted by molar-refractivity contribution is 6.58. The summed E-state index contributed by atoms with van der Waals surface area (Å²) in [6, 6.07) is -4.90. The van der Waals surface area contributed by atoms with E-state index >= 15 is 0 Å². The molecule has 0 spiro atoms. The van der Waals surface area contributed by atoms with Crippen LogP contribution in [0.3, 0.4) is 0 Å². The summed E-state index contributed by atoms with van der Waals surface area (Å²) in [5.41, 5.74) is 6.91. The molecule has 0 saturated carbocycles. The number of methoxy groups -OCH3 is 1. The number of carboxylic acids is 1. The van der Waals surface area contributed by atoms with E-state index in [-0.39, 0.29) is 163 Å². The summed E-state index contributed by atoms with van der Waals surface area (Å²) in [5.74, 6) is -6.25. The van der Waals surface area contributed by atoms with Gasteiger partial charge in [-0.05, 0) is 159 Å². The minimum atomic E-state index is -1.04. The van der Waals surface area contributed by atoms with Crippen LogP contribution in [0.15, 0.2) is 58.7 Å². The number of piperidine rings is 1. The molecule has 1 rings (SSSR count). The Morgan fingerprint density at radius 1 is 0.422 bits per heavy atom. The van der Waals surface area contributed by atoms with E-state index < -0.39 is 94.0 Å². The van der Waals surface area contributed by atoms with Crippen molar-refractivity contribution < 1.29 is 115 Å². The molecular formula is C104H189B5Cl2N12O24. The molecule has 1 aliphatic heterocycles. The van der Waals surface area contributed by atoms with Gasteiger partial charge in [-0.1, -0.05) is 217 Å². The lowest BCUT2D eigenvalue weighted by Gasteiger charge is -2.39. The van der Waals surface area contributed by atoms with Crippen LogP contribution in [0.1, 0.15) is 262 Å². The van der Waals surface area contributed by atoms with Crippen molar-refractivity contribution in [3.8, 4) is 0 Å². The number of likely N-dealkylation sites (tertiary alicyclic amines) is 1. The normalized spacial score (nSPS) is 14.9. The zero-order chi connectivity index (χ0) is 115. The monoisotopic (exact) mass is 2120 g/mol. The van der Waals surface area contributed by atoms with Crippen molar-refractivity contribution in [1.29, 1.82) is 0 Å². The first kappa shape index (κ1) is 158. The van der Waals surface area contributed by atoms with Gasteiger partial charge >= 0.3 is 41.8 Å². The molecule has 0 aromatic rings. The number of hydrogen-bond acceptors (Lipinski definition) is 26. The molecule has 1 heterocycles. The molecule has 10 radical (unpaired) electrons. The molecule has 838 valence electrons. The van der Waals surface area contributed by atoms with Gasteiger partial charge in [-0.2, -0.15) is 0 Å². The van der Waals surface area contributed by atoms with Crippen LogP contribution in [-0.4, -0.2) is 367 Å². The number of nitrogens with one attached hydrogen (secondary N) is 3. The topological polar surface area (TPSA) is 454 Å². The Bertz CT molecular complexity index is 4150. The summed E-state index contributed by atoms with van der Waals surface area (Å²) >= 11 is 0. The Labute approximate surface area is 902 Å². The maximum Gasteiger partial charge on any atom is 0.333 e. The minimum Gasteiger partial charge on any atom is -0.480 e. The van der Waals surface area contributed by atoms with E-state index in [2.05, 4.69) is 39.4 Å². The van der Waals surface area contributed by atoms with E-state index in [1.807, 2.05) is 172 Å². The third-order valence-electron chi connectivity index (χ3n) is 22.9. The molecule has 6 N–H and O–H groups in total. The number of esters is 6. The Balaban J connectivity index is -0.000000186.